The van der Waals surface area contributed by atoms with Crippen molar-refractivity contribution in [3.8, 4) is 0 Å². The van der Waals surface area contributed by atoms with Gasteiger partial charge in [-0.2, -0.15) is 0 Å². The molecule has 2 aromatic carbocycles. The third-order valence-electron chi connectivity index (χ3n) is 4.09. The van der Waals surface area contributed by atoms with Crippen molar-refractivity contribution in [2.75, 3.05) is 10.6 Å². The molecule has 3 aromatic rings. The van der Waals surface area contributed by atoms with Gasteiger partial charge in [-0.15, -0.1) is 0 Å². The Morgan fingerprint density at radius 3 is 2.44 bits per heavy atom. The lowest BCUT2D eigenvalue weighted by Gasteiger charge is -2.11. The quantitative estimate of drug-likeness (QED) is 0.594. The van der Waals surface area contributed by atoms with Gasteiger partial charge < -0.3 is 10.6 Å². The number of rotatable bonds is 5. The second-order valence-corrected chi connectivity index (χ2v) is 6.46. The molecule has 6 heteroatoms. The molecule has 3 rings (SSSR count). The lowest BCUT2D eigenvalue weighted by molar-refractivity contribution is 0.101. The van der Waals surface area contributed by atoms with Gasteiger partial charge in [-0.25, -0.2) is 0 Å². The van der Waals surface area contributed by atoms with E-state index >= 15 is 0 Å². The Kier molecular flexibility index (Phi) is 5.52. The van der Waals surface area contributed by atoms with Gasteiger partial charge in [0, 0.05) is 33.8 Å². The normalized spacial score (nSPS) is 10.3. The number of benzene rings is 2. The first-order valence-electron chi connectivity index (χ1n) is 8.34. The highest BCUT2D eigenvalue weighted by Crippen LogP contribution is 2.24. The summed E-state index contributed by atoms with van der Waals surface area (Å²) < 4.78 is 0. The van der Waals surface area contributed by atoms with E-state index in [0.29, 0.717) is 22.0 Å². The first-order chi connectivity index (χ1) is 12.9. The molecule has 5 nitrogen and oxygen atoms in total. The van der Waals surface area contributed by atoms with Crippen LogP contribution in [0.2, 0.25) is 5.02 Å². The van der Waals surface area contributed by atoms with Crippen LogP contribution < -0.4 is 10.6 Å². The topological polar surface area (TPSA) is 71.1 Å². The van der Waals surface area contributed by atoms with Crippen LogP contribution in [0.3, 0.4) is 0 Å². The van der Waals surface area contributed by atoms with Crippen molar-refractivity contribution < 1.29 is 9.59 Å². The molecule has 2 N–H and O–H groups in total. The van der Waals surface area contributed by atoms with E-state index in [4.69, 9.17) is 11.6 Å². The van der Waals surface area contributed by atoms with Crippen molar-refractivity contribution in [1.29, 1.82) is 0 Å². The summed E-state index contributed by atoms with van der Waals surface area (Å²) in [4.78, 5) is 28.0. The standard InChI is InChI=1S/C21H18ClN3O2/c1-13-18(22)4-3-5-19(13)25-21(27)20-12-17(10-11-23-20)24-16-8-6-15(7-9-16)14(2)26/h3-12H,1-2H3,(H,23,24)(H,25,27). The maximum Gasteiger partial charge on any atom is 0.274 e. The number of halogens is 1. The van der Waals surface area contributed by atoms with E-state index in [1.54, 1.807) is 48.7 Å². The van der Waals surface area contributed by atoms with Crippen LogP contribution in [0.15, 0.2) is 60.8 Å². The maximum absolute atomic E-state index is 12.5. The molecule has 0 aliphatic rings. The molecule has 1 heterocycles. The maximum atomic E-state index is 12.5. The van der Waals surface area contributed by atoms with Crippen LogP contribution in [0.1, 0.15) is 33.3 Å². The SMILES string of the molecule is CC(=O)c1ccc(Nc2ccnc(C(=O)Nc3cccc(Cl)c3C)c2)cc1. The number of anilines is 3. The second kappa shape index (κ2) is 8.01. The van der Waals surface area contributed by atoms with Crippen LogP contribution in [0.5, 0.6) is 0 Å². The summed E-state index contributed by atoms with van der Waals surface area (Å²) in [6.07, 6.45) is 1.56. The molecule has 0 aliphatic heterocycles. The van der Waals surface area contributed by atoms with Gasteiger partial charge in [0.05, 0.1) is 0 Å². The van der Waals surface area contributed by atoms with Crippen molar-refractivity contribution >= 4 is 40.4 Å². The number of nitrogens with zero attached hydrogens (tertiary/aromatic N) is 1. The fraction of sp³-hybridized carbons (Fsp3) is 0.0952. The van der Waals surface area contributed by atoms with E-state index in [0.717, 1.165) is 11.3 Å². The Morgan fingerprint density at radius 2 is 1.74 bits per heavy atom. The Labute approximate surface area is 162 Å². The first-order valence-corrected chi connectivity index (χ1v) is 8.72. The highest BCUT2D eigenvalue weighted by molar-refractivity contribution is 6.31. The van der Waals surface area contributed by atoms with Gasteiger partial charge in [0.25, 0.3) is 5.91 Å². The molecular weight excluding hydrogens is 362 g/mol. The summed E-state index contributed by atoms with van der Waals surface area (Å²) >= 11 is 6.09. The number of carbonyl (C=O) groups excluding carboxylic acids is 2. The number of hydrogen-bond acceptors (Lipinski definition) is 4. The van der Waals surface area contributed by atoms with Gasteiger partial charge in [-0.1, -0.05) is 17.7 Å². The van der Waals surface area contributed by atoms with E-state index in [2.05, 4.69) is 15.6 Å². The van der Waals surface area contributed by atoms with Crippen LogP contribution in [0.25, 0.3) is 0 Å². The molecule has 0 unspecified atom stereocenters. The molecule has 0 saturated carbocycles. The smallest absolute Gasteiger partial charge is 0.274 e. The van der Waals surface area contributed by atoms with E-state index in [1.165, 1.54) is 6.92 Å². The molecule has 0 fully saturated rings. The average Bonchev–Trinajstić information content (AvgIpc) is 2.66. The fourth-order valence-electron chi connectivity index (χ4n) is 2.52. The summed E-state index contributed by atoms with van der Waals surface area (Å²) in [6.45, 7) is 3.37. The lowest BCUT2D eigenvalue weighted by atomic mass is 10.1. The number of Topliss-reactive ketones (excluding diaryl/α,β-unsaturated/α-hetero) is 1. The minimum Gasteiger partial charge on any atom is -0.355 e. The van der Waals surface area contributed by atoms with Crippen molar-refractivity contribution in [3.63, 3.8) is 0 Å². The van der Waals surface area contributed by atoms with Gasteiger partial charge in [0.2, 0.25) is 0 Å². The summed E-state index contributed by atoms with van der Waals surface area (Å²) in [5.41, 5.74) is 3.89. The van der Waals surface area contributed by atoms with Gasteiger partial charge in [-0.05, 0) is 67.9 Å². The molecule has 1 amide bonds. The minimum absolute atomic E-state index is 0.0146. The number of nitrogens with one attached hydrogen (secondary N) is 2. The zero-order chi connectivity index (χ0) is 19.4. The molecule has 0 aliphatic carbocycles. The van der Waals surface area contributed by atoms with Crippen molar-refractivity contribution in [1.82, 2.24) is 4.98 Å². The third-order valence-corrected chi connectivity index (χ3v) is 4.50. The molecule has 1 aromatic heterocycles. The molecule has 136 valence electrons. The number of carbonyl (C=O) groups is 2. The first kappa shape index (κ1) is 18.6. The van der Waals surface area contributed by atoms with Crippen LogP contribution in [0, 0.1) is 6.92 Å². The van der Waals surface area contributed by atoms with E-state index < -0.39 is 0 Å². The zero-order valence-electron chi connectivity index (χ0n) is 14.9. The Hall–Kier alpha value is -3.18. The van der Waals surface area contributed by atoms with E-state index in [-0.39, 0.29) is 17.4 Å². The Bertz CT molecular complexity index is 1000. The average molecular weight is 380 g/mol. The number of hydrogen-bond donors (Lipinski definition) is 2. The number of aromatic nitrogens is 1. The van der Waals surface area contributed by atoms with Crippen LogP contribution >= 0.6 is 11.6 Å². The predicted molar refractivity (Wildman–Crippen MR) is 108 cm³/mol. The highest BCUT2D eigenvalue weighted by Gasteiger charge is 2.11. The van der Waals surface area contributed by atoms with Crippen molar-refractivity contribution in [2.45, 2.75) is 13.8 Å². The third kappa shape index (κ3) is 4.51. The zero-order valence-corrected chi connectivity index (χ0v) is 15.7. The molecule has 0 spiro atoms. The molecule has 27 heavy (non-hydrogen) atoms. The van der Waals surface area contributed by atoms with Gasteiger partial charge in [0.15, 0.2) is 5.78 Å². The van der Waals surface area contributed by atoms with E-state index in [9.17, 15) is 9.59 Å². The highest BCUT2D eigenvalue weighted by atomic mass is 35.5. The van der Waals surface area contributed by atoms with Gasteiger partial charge in [0.1, 0.15) is 5.69 Å². The summed E-state index contributed by atoms with van der Waals surface area (Å²) in [6, 6.07) is 15.9. The predicted octanol–water partition coefficient (Wildman–Crippen LogP) is 5.24. The fourth-order valence-corrected chi connectivity index (χ4v) is 2.69. The molecule has 0 bridgehead atoms. The molecular formula is C21H18ClN3O2. The molecule has 0 saturated heterocycles. The Balaban J connectivity index is 1.75. The van der Waals surface area contributed by atoms with Crippen molar-refractivity contribution in [2.24, 2.45) is 0 Å². The number of ketones is 1. The second-order valence-electron chi connectivity index (χ2n) is 6.05. The summed E-state index contributed by atoms with van der Waals surface area (Å²) in [5, 5.41) is 6.61. The monoisotopic (exact) mass is 379 g/mol. The minimum atomic E-state index is -0.323. The number of pyridine rings is 1. The largest absolute Gasteiger partial charge is 0.355 e. The Morgan fingerprint density at radius 1 is 1.00 bits per heavy atom. The number of amides is 1. The van der Waals surface area contributed by atoms with Gasteiger partial charge >= 0.3 is 0 Å². The van der Waals surface area contributed by atoms with Crippen LogP contribution in [-0.4, -0.2) is 16.7 Å². The molecule has 0 atom stereocenters. The lowest BCUT2D eigenvalue weighted by Crippen LogP contribution is -2.14. The summed E-state index contributed by atoms with van der Waals surface area (Å²) in [5.74, 6) is -0.309. The van der Waals surface area contributed by atoms with Crippen LogP contribution in [0.4, 0.5) is 17.1 Å². The molecule has 0 radical (unpaired) electrons. The van der Waals surface area contributed by atoms with Gasteiger partial charge in [-0.3, -0.25) is 14.6 Å². The van der Waals surface area contributed by atoms with Crippen LogP contribution in [-0.2, 0) is 0 Å². The van der Waals surface area contributed by atoms with Crippen molar-refractivity contribution in [3.05, 3.63) is 82.6 Å². The summed E-state index contributed by atoms with van der Waals surface area (Å²) in [7, 11) is 0. The van der Waals surface area contributed by atoms with E-state index in [1.807, 2.05) is 19.1 Å².